The normalized spacial score (nSPS) is 10.7. The van der Waals surface area contributed by atoms with Crippen LogP contribution >= 0.6 is 0 Å². The molecular formula is C12H10N4O2. The number of fused-ring (bicyclic) bond motifs is 1. The highest BCUT2D eigenvalue weighted by atomic mass is 16.5. The number of para-hydroxylation sites is 1. The Morgan fingerprint density at radius 1 is 1.39 bits per heavy atom. The number of carbonyl (C=O) groups is 1. The van der Waals surface area contributed by atoms with E-state index in [0.29, 0.717) is 11.4 Å². The topological polar surface area (TPSA) is 83.8 Å². The highest BCUT2D eigenvalue weighted by molar-refractivity contribution is 6.11. The molecule has 2 N–H and O–H groups in total. The number of nitrogens with one attached hydrogen (secondary N) is 2. The summed E-state index contributed by atoms with van der Waals surface area (Å²) >= 11 is 0. The van der Waals surface area contributed by atoms with Crippen molar-refractivity contribution in [2.75, 3.05) is 5.32 Å². The molecule has 0 aliphatic heterocycles. The summed E-state index contributed by atoms with van der Waals surface area (Å²) in [6, 6.07) is 7.49. The van der Waals surface area contributed by atoms with Gasteiger partial charge < -0.3 is 9.51 Å². The zero-order valence-corrected chi connectivity index (χ0v) is 9.60. The number of aromatic amines is 1. The van der Waals surface area contributed by atoms with Crippen LogP contribution in [0.5, 0.6) is 0 Å². The molecule has 0 spiro atoms. The SMILES string of the molecule is Cc1noc(NC(=O)c2cccc3cc[nH]c23)n1. The van der Waals surface area contributed by atoms with Crippen LogP contribution in [0.3, 0.4) is 0 Å². The first-order chi connectivity index (χ1) is 8.74. The second-order valence-corrected chi connectivity index (χ2v) is 3.85. The smallest absolute Gasteiger partial charge is 0.328 e. The lowest BCUT2D eigenvalue weighted by molar-refractivity contribution is 0.102. The molecule has 90 valence electrons. The fraction of sp³-hybridized carbons (Fsp3) is 0.0833. The minimum atomic E-state index is -0.285. The Morgan fingerprint density at radius 2 is 2.28 bits per heavy atom. The molecule has 2 heterocycles. The van der Waals surface area contributed by atoms with Gasteiger partial charge in [0.1, 0.15) is 0 Å². The van der Waals surface area contributed by atoms with E-state index in [1.54, 1.807) is 19.2 Å². The molecule has 0 radical (unpaired) electrons. The number of benzene rings is 1. The summed E-state index contributed by atoms with van der Waals surface area (Å²) in [7, 11) is 0. The van der Waals surface area contributed by atoms with Gasteiger partial charge in [0.25, 0.3) is 5.91 Å². The second-order valence-electron chi connectivity index (χ2n) is 3.85. The molecule has 0 aliphatic rings. The number of nitrogens with zero attached hydrogens (tertiary/aromatic N) is 2. The second kappa shape index (κ2) is 3.99. The summed E-state index contributed by atoms with van der Waals surface area (Å²) in [5.41, 5.74) is 1.32. The van der Waals surface area contributed by atoms with Crippen molar-refractivity contribution in [1.82, 2.24) is 15.1 Å². The van der Waals surface area contributed by atoms with Gasteiger partial charge in [-0.15, -0.1) is 0 Å². The van der Waals surface area contributed by atoms with Gasteiger partial charge in [0, 0.05) is 11.6 Å². The van der Waals surface area contributed by atoms with Gasteiger partial charge in [0.2, 0.25) is 0 Å². The molecule has 0 aliphatic carbocycles. The van der Waals surface area contributed by atoms with E-state index >= 15 is 0 Å². The number of rotatable bonds is 2. The van der Waals surface area contributed by atoms with Gasteiger partial charge in [0.05, 0.1) is 11.1 Å². The molecule has 3 rings (SSSR count). The molecule has 0 bridgehead atoms. The molecule has 18 heavy (non-hydrogen) atoms. The average molecular weight is 242 g/mol. The lowest BCUT2D eigenvalue weighted by atomic mass is 10.1. The summed E-state index contributed by atoms with van der Waals surface area (Å²) in [5.74, 6) is 0.190. The number of anilines is 1. The van der Waals surface area contributed by atoms with Crippen molar-refractivity contribution in [1.29, 1.82) is 0 Å². The summed E-state index contributed by atoms with van der Waals surface area (Å²) in [5, 5.41) is 7.15. The molecule has 0 saturated carbocycles. The van der Waals surface area contributed by atoms with Crippen LogP contribution in [0.25, 0.3) is 10.9 Å². The van der Waals surface area contributed by atoms with Crippen molar-refractivity contribution >= 4 is 22.8 Å². The maximum atomic E-state index is 12.1. The number of H-pyrrole nitrogens is 1. The van der Waals surface area contributed by atoms with E-state index < -0.39 is 0 Å². The largest absolute Gasteiger partial charge is 0.361 e. The van der Waals surface area contributed by atoms with Gasteiger partial charge in [0.15, 0.2) is 5.82 Å². The third-order valence-corrected chi connectivity index (χ3v) is 2.58. The number of hydrogen-bond acceptors (Lipinski definition) is 4. The van der Waals surface area contributed by atoms with Gasteiger partial charge in [-0.3, -0.25) is 10.1 Å². The lowest BCUT2D eigenvalue weighted by Gasteiger charge is -2.01. The molecule has 2 aromatic heterocycles. The first kappa shape index (κ1) is 10.5. The first-order valence-corrected chi connectivity index (χ1v) is 5.42. The van der Waals surface area contributed by atoms with Gasteiger partial charge in [-0.2, -0.15) is 4.98 Å². The Hall–Kier alpha value is -2.63. The summed E-state index contributed by atoms with van der Waals surface area (Å²) in [6.45, 7) is 1.69. The van der Waals surface area contributed by atoms with Crippen molar-refractivity contribution in [3.63, 3.8) is 0 Å². The minimum absolute atomic E-state index is 0.0982. The van der Waals surface area contributed by atoms with Crippen LogP contribution in [0.15, 0.2) is 35.0 Å². The number of amides is 1. The predicted molar refractivity (Wildman–Crippen MR) is 65.3 cm³/mol. The number of aryl methyl sites for hydroxylation is 1. The van der Waals surface area contributed by atoms with E-state index in [1.165, 1.54) is 0 Å². The maximum Gasteiger partial charge on any atom is 0.328 e. The van der Waals surface area contributed by atoms with Crippen molar-refractivity contribution in [2.45, 2.75) is 6.92 Å². The Kier molecular flexibility index (Phi) is 2.33. The van der Waals surface area contributed by atoms with Crippen LogP contribution in [0.4, 0.5) is 6.01 Å². The first-order valence-electron chi connectivity index (χ1n) is 5.42. The van der Waals surface area contributed by atoms with Crippen molar-refractivity contribution in [3.8, 4) is 0 Å². The Bertz CT molecular complexity index is 714. The zero-order valence-electron chi connectivity index (χ0n) is 9.60. The van der Waals surface area contributed by atoms with Crippen molar-refractivity contribution in [3.05, 3.63) is 41.9 Å². The molecule has 1 amide bonds. The Morgan fingerprint density at radius 3 is 3.06 bits per heavy atom. The molecule has 0 atom stereocenters. The summed E-state index contributed by atoms with van der Waals surface area (Å²) in [6.07, 6.45) is 1.79. The van der Waals surface area contributed by atoms with E-state index in [0.717, 1.165) is 10.9 Å². The van der Waals surface area contributed by atoms with Crippen molar-refractivity contribution < 1.29 is 9.32 Å². The standard InChI is InChI=1S/C12H10N4O2/c1-7-14-12(18-16-7)15-11(17)9-4-2-3-8-5-6-13-10(8)9/h2-6,13H,1H3,(H,14,15,16,17). The fourth-order valence-corrected chi connectivity index (χ4v) is 1.79. The van der Waals surface area contributed by atoms with Gasteiger partial charge in [-0.1, -0.05) is 17.3 Å². The van der Waals surface area contributed by atoms with Crippen LogP contribution in [-0.2, 0) is 0 Å². The number of hydrogen-bond donors (Lipinski definition) is 2. The molecule has 1 aromatic carbocycles. The Balaban J connectivity index is 1.94. The molecule has 0 unspecified atom stereocenters. The van der Waals surface area contributed by atoms with Crippen molar-refractivity contribution in [2.24, 2.45) is 0 Å². The lowest BCUT2D eigenvalue weighted by Crippen LogP contribution is -2.12. The molecule has 6 heteroatoms. The highest BCUT2D eigenvalue weighted by Crippen LogP contribution is 2.18. The summed E-state index contributed by atoms with van der Waals surface area (Å²) in [4.78, 5) is 19.0. The third kappa shape index (κ3) is 1.73. The zero-order chi connectivity index (χ0) is 12.5. The molecular weight excluding hydrogens is 232 g/mol. The Labute approximate surface area is 102 Å². The molecule has 0 saturated heterocycles. The quantitative estimate of drug-likeness (QED) is 0.720. The molecule has 6 nitrogen and oxygen atoms in total. The van der Waals surface area contributed by atoms with E-state index in [2.05, 4.69) is 20.4 Å². The van der Waals surface area contributed by atoms with E-state index in [4.69, 9.17) is 4.52 Å². The van der Waals surface area contributed by atoms with E-state index in [-0.39, 0.29) is 11.9 Å². The van der Waals surface area contributed by atoms with E-state index in [9.17, 15) is 4.79 Å². The third-order valence-electron chi connectivity index (χ3n) is 2.58. The number of aromatic nitrogens is 3. The van der Waals surface area contributed by atoms with E-state index in [1.807, 2.05) is 18.2 Å². The minimum Gasteiger partial charge on any atom is -0.361 e. The highest BCUT2D eigenvalue weighted by Gasteiger charge is 2.13. The predicted octanol–water partition coefficient (Wildman–Crippen LogP) is 2.11. The van der Waals surface area contributed by atoms with Crippen LogP contribution in [0.2, 0.25) is 0 Å². The van der Waals surface area contributed by atoms with Crippen LogP contribution in [0, 0.1) is 6.92 Å². The maximum absolute atomic E-state index is 12.1. The molecule has 0 fully saturated rings. The summed E-state index contributed by atoms with van der Waals surface area (Å²) < 4.78 is 4.85. The van der Waals surface area contributed by atoms with Gasteiger partial charge in [-0.25, -0.2) is 0 Å². The van der Waals surface area contributed by atoms with Gasteiger partial charge in [-0.05, 0) is 19.1 Å². The van der Waals surface area contributed by atoms with Crippen LogP contribution < -0.4 is 5.32 Å². The van der Waals surface area contributed by atoms with Crippen LogP contribution in [-0.4, -0.2) is 21.0 Å². The average Bonchev–Trinajstić information content (AvgIpc) is 2.97. The monoisotopic (exact) mass is 242 g/mol. The van der Waals surface area contributed by atoms with Gasteiger partial charge >= 0.3 is 6.01 Å². The fourth-order valence-electron chi connectivity index (χ4n) is 1.79. The number of carbonyl (C=O) groups excluding carboxylic acids is 1. The molecule has 3 aromatic rings. The van der Waals surface area contributed by atoms with Crippen LogP contribution in [0.1, 0.15) is 16.2 Å².